The number of rotatable bonds is 4. The summed E-state index contributed by atoms with van der Waals surface area (Å²) >= 11 is 0. The van der Waals surface area contributed by atoms with Crippen LogP contribution in [0.15, 0.2) is 42.5 Å². The molecule has 2 saturated heterocycles. The minimum atomic E-state index is -0.401. The number of carbonyl (C=O) groups excluding carboxylic acids is 3. The third-order valence-corrected chi connectivity index (χ3v) is 7.29. The SMILES string of the molecule is CC1CCCN(C(=O)C2CCCN(c3cccc4c3C(=O)N(Cc3cccc(F)c3)C4=O)C2)C1. The molecule has 2 fully saturated rings. The number of benzene rings is 2. The molecule has 3 aliphatic rings. The molecule has 178 valence electrons. The molecule has 2 atom stereocenters. The van der Waals surface area contributed by atoms with Crippen LogP contribution < -0.4 is 4.90 Å². The molecule has 0 aliphatic carbocycles. The average molecular weight is 464 g/mol. The molecule has 34 heavy (non-hydrogen) atoms. The molecule has 5 rings (SSSR count). The van der Waals surface area contributed by atoms with E-state index >= 15 is 0 Å². The minimum Gasteiger partial charge on any atom is -0.370 e. The molecule has 0 bridgehead atoms. The Kier molecular flexibility index (Phi) is 6.11. The molecule has 0 saturated carbocycles. The van der Waals surface area contributed by atoms with E-state index in [1.807, 2.05) is 11.0 Å². The van der Waals surface area contributed by atoms with Crippen LogP contribution in [0.3, 0.4) is 0 Å². The van der Waals surface area contributed by atoms with E-state index in [-0.39, 0.29) is 30.2 Å². The largest absolute Gasteiger partial charge is 0.370 e. The number of halogens is 1. The fraction of sp³-hybridized carbons (Fsp3) is 0.444. The minimum absolute atomic E-state index is 0.0256. The zero-order chi connectivity index (χ0) is 23.8. The predicted octanol–water partition coefficient (Wildman–Crippen LogP) is 4.10. The molecular formula is C27H30FN3O3. The highest BCUT2D eigenvalue weighted by Gasteiger charge is 2.40. The Bertz CT molecular complexity index is 1130. The lowest BCUT2D eigenvalue weighted by atomic mass is 9.93. The summed E-state index contributed by atoms with van der Waals surface area (Å²) in [6, 6.07) is 11.3. The molecule has 3 aliphatic heterocycles. The van der Waals surface area contributed by atoms with Crippen LogP contribution in [0.1, 0.15) is 58.9 Å². The maximum Gasteiger partial charge on any atom is 0.263 e. The third-order valence-electron chi connectivity index (χ3n) is 7.29. The van der Waals surface area contributed by atoms with E-state index in [1.54, 1.807) is 24.3 Å². The van der Waals surface area contributed by atoms with Crippen molar-refractivity contribution in [1.82, 2.24) is 9.80 Å². The van der Waals surface area contributed by atoms with Gasteiger partial charge in [0.15, 0.2) is 0 Å². The molecule has 0 aromatic heterocycles. The van der Waals surface area contributed by atoms with Crippen LogP contribution in [-0.4, -0.2) is 53.7 Å². The van der Waals surface area contributed by atoms with Crippen molar-refractivity contribution in [2.24, 2.45) is 11.8 Å². The van der Waals surface area contributed by atoms with Gasteiger partial charge in [0.1, 0.15) is 5.82 Å². The zero-order valence-corrected chi connectivity index (χ0v) is 19.5. The van der Waals surface area contributed by atoms with Crippen LogP contribution in [0.25, 0.3) is 0 Å². The number of imide groups is 1. The Hall–Kier alpha value is -3.22. The highest BCUT2D eigenvalue weighted by Crippen LogP contribution is 2.35. The number of hydrogen-bond acceptors (Lipinski definition) is 4. The second-order valence-electron chi connectivity index (χ2n) is 9.84. The summed E-state index contributed by atoms with van der Waals surface area (Å²) in [7, 11) is 0. The van der Waals surface area contributed by atoms with Crippen molar-refractivity contribution < 1.29 is 18.8 Å². The Morgan fingerprint density at radius 3 is 2.59 bits per heavy atom. The highest BCUT2D eigenvalue weighted by atomic mass is 19.1. The van der Waals surface area contributed by atoms with E-state index < -0.39 is 5.82 Å². The Labute approximate surface area is 199 Å². The van der Waals surface area contributed by atoms with Crippen molar-refractivity contribution in [2.45, 2.75) is 39.2 Å². The van der Waals surface area contributed by atoms with Gasteiger partial charge in [-0.1, -0.05) is 25.1 Å². The second-order valence-corrected chi connectivity index (χ2v) is 9.84. The lowest BCUT2D eigenvalue weighted by Crippen LogP contribution is -2.48. The smallest absolute Gasteiger partial charge is 0.263 e. The van der Waals surface area contributed by atoms with Gasteiger partial charge in [-0.25, -0.2) is 4.39 Å². The topological polar surface area (TPSA) is 60.9 Å². The average Bonchev–Trinajstić information content (AvgIpc) is 3.08. The molecule has 0 spiro atoms. The van der Waals surface area contributed by atoms with E-state index in [9.17, 15) is 18.8 Å². The van der Waals surface area contributed by atoms with Gasteiger partial charge in [0.2, 0.25) is 5.91 Å². The van der Waals surface area contributed by atoms with Gasteiger partial charge in [-0.15, -0.1) is 0 Å². The number of piperidine rings is 2. The number of carbonyl (C=O) groups is 3. The number of anilines is 1. The van der Waals surface area contributed by atoms with Gasteiger partial charge in [-0.2, -0.15) is 0 Å². The molecule has 0 N–H and O–H groups in total. The molecule has 0 radical (unpaired) electrons. The first-order valence-electron chi connectivity index (χ1n) is 12.2. The molecule has 3 amide bonds. The quantitative estimate of drug-likeness (QED) is 0.641. The first-order valence-corrected chi connectivity index (χ1v) is 12.2. The second kappa shape index (κ2) is 9.20. The van der Waals surface area contributed by atoms with E-state index in [0.29, 0.717) is 34.8 Å². The monoisotopic (exact) mass is 463 g/mol. The predicted molar refractivity (Wildman–Crippen MR) is 127 cm³/mol. The summed E-state index contributed by atoms with van der Waals surface area (Å²) in [6.07, 6.45) is 3.92. The van der Waals surface area contributed by atoms with Crippen molar-refractivity contribution in [1.29, 1.82) is 0 Å². The van der Waals surface area contributed by atoms with Gasteiger partial charge in [0, 0.05) is 26.2 Å². The maximum atomic E-state index is 13.6. The van der Waals surface area contributed by atoms with E-state index in [1.165, 1.54) is 23.5 Å². The van der Waals surface area contributed by atoms with Crippen molar-refractivity contribution in [3.8, 4) is 0 Å². The Morgan fingerprint density at radius 2 is 1.79 bits per heavy atom. The summed E-state index contributed by atoms with van der Waals surface area (Å²) in [4.78, 5) is 45.0. The molecule has 2 aromatic carbocycles. The number of fused-ring (bicyclic) bond motifs is 1. The summed E-state index contributed by atoms with van der Waals surface area (Å²) < 4.78 is 13.6. The first kappa shape index (κ1) is 22.6. The van der Waals surface area contributed by atoms with Crippen LogP contribution in [-0.2, 0) is 11.3 Å². The first-order chi connectivity index (χ1) is 16.4. The fourth-order valence-electron chi connectivity index (χ4n) is 5.59. The maximum absolute atomic E-state index is 13.6. The Balaban J connectivity index is 1.37. The summed E-state index contributed by atoms with van der Waals surface area (Å²) in [6.45, 7) is 5.14. The molecule has 2 unspecified atom stereocenters. The van der Waals surface area contributed by atoms with Crippen molar-refractivity contribution in [2.75, 3.05) is 31.1 Å². The number of nitrogens with zero attached hydrogens (tertiary/aromatic N) is 3. The van der Waals surface area contributed by atoms with Crippen LogP contribution in [0.5, 0.6) is 0 Å². The lowest BCUT2D eigenvalue weighted by Gasteiger charge is -2.38. The van der Waals surface area contributed by atoms with Crippen molar-refractivity contribution in [3.05, 3.63) is 65.0 Å². The number of hydrogen-bond donors (Lipinski definition) is 0. The van der Waals surface area contributed by atoms with Crippen LogP contribution in [0.2, 0.25) is 0 Å². The van der Waals surface area contributed by atoms with Gasteiger partial charge in [-0.3, -0.25) is 19.3 Å². The summed E-state index contributed by atoms with van der Waals surface area (Å²) in [5, 5.41) is 0. The number of amides is 3. The lowest BCUT2D eigenvalue weighted by molar-refractivity contribution is -0.137. The van der Waals surface area contributed by atoms with Crippen molar-refractivity contribution >= 4 is 23.4 Å². The van der Waals surface area contributed by atoms with E-state index in [0.717, 1.165) is 38.9 Å². The van der Waals surface area contributed by atoms with E-state index in [4.69, 9.17) is 0 Å². The molecule has 2 aromatic rings. The third kappa shape index (κ3) is 4.19. The van der Waals surface area contributed by atoms with Crippen LogP contribution >= 0.6 is 0 Å². The number of likely N-dealkylation sites (tertiary alicyclic amines) is 1. The molecule has 7 heteroatoms. The van der Waals surface area contributed by atoms with Crippen LogP contribution in [0.4, 0.5) is 10.1 Å². The standard InChI is InChI=1S/C27H30FN3O3/c1-18-6-4-13-30(15-18)25(32)20-8-5-12-29(17-20)23-11-3-10-22-24(23)27(34)31(26(22)33)16-19-7-2-9-21(28)14-19/h2-3,7,9-11,14,18,20H,4-6,8,12-13,15-17H2,1H3. The summed E-state index contributed by atoms with van der Waals surface area (Å²) in [5.41, 5.74) is 2.04. The van der Waals surface area contributed by atoms with Crippen LogP contribution in [0, 0.1) is 17.7 Å². The Morgan fingerprint density at radius 1 is 1.00 bits per heavy atom. The zero-order valence-electron chi connectivity index (χ0n) is 19.5. The molecule has 6 nitrogen and oxygen atoms in total. The molecule has 3 heterocycles. The van der Waals surface area contributed by atoms with E-state index in [2.05, 4.69) is 11.8 Å². The fourth-order valence-corrected chi connectivity index (χ4v) is 5.59. The van der Waals surface area contributed by atoms with Gasteiger partial charge < -0.3 is 9.80 Å². The van der Waals surface area contributed by atoms with Gasteiger partial charge in [0.25, 0.3) is 11.8 Å². The normalized spacial score (nSPS) is 22.8. The van der Waals surface area contributed by atoms with Gasteiger partial charge >= 0.3 is 0 Å². The van der Waals surface area contributed by atoms with Gasteiger partial charge in [0.05, 0.1) is 29.3 Å². The van der Waals surface area contributed by atoms with Crippen molar-refractivity contribution in [3.63, 3.8) is 0 Å². The molecular weight excluding hydrogens is 433 g/mol. The van der Waals surface area contributed by atoms with Gasteiger partial charge in [-0.05, 0) is 61.4 Å². The summed E-state index contributed by atoms with van der Waals surface area (Å²) in [5.74, 6) is -0.495. The highest BCUT2D eigenvalue weighted by molar-refractivity contribution is 6.23.